The first kappa shape index (κ1) is 17.6. The predicted octanol–water partition coefficient (Wildman–Crippen LogP) is 4.77. The molecule has 0 N–H and O–H groups in total. The van der Waals surface area contributed by atoms with Crippen molar-refractivity contribution in [2.75, 3.05) is 0 Å². The zero-order chi connectivity index (χ0) is 14.6. The molecule has 0 saturated carbocycles. The summed E-state index contributed by atoms with van der Waals surface area (Å²) in [6.07, 6.45) is 7.95. The highest BCUT2D eigenvalue weighted by Gasteiger charge is 2.23. The largest absolute Gasteiger partial charge is 0.196 e. The van der Waals surface area contributed by atoms with Crippen LogP contribution in [0, 0.1) is 22.7 Å². The molecule has 0 aliphatic heterocycles. The number of rotatable bonds is 10. The van der Waals surface area contributed by atoms with E-state index >= 15 is 0 Å². The Morgan fingerprint density at radius 2 is 1.74 bits per heavy atom. The van der Waals surface area contributed by atoms with Gasteiger partial charge in [0.15, 0.2) is 11.6 Å². The zero-order valence-corrected chi connectivity index (χ0v) is 12.5. The van der Waals surface area contributed by atoms with Crippen LogP contribution in [0.1, 0.15) is 72.1 Å². The van der Waals surface area contributed by atoms with Gasteiger partial charge in [-0.1, -0.05) is 46.0 Å². The van der Waals surface area contributed by atoms with Crippen LogP contribution in [-0.2, 0) is 0 Å². The number of hydrogen-bond donors (Lipinski definition) is 0. The van der Waals surface area contributed by atoms with E-state index in [0.717, 1.165) is 38.5 Å². The quantitative estimate of drug-likeness (QED) is 0.420. The summed E-state index contributed by atoms with van der Waals surface area (Å²) in [7, 11) is 0. The summed E-state index contributed by atoms with van der Waals surface area (Å²) in [4.78, 5) is 0. The van der Waals surface area contributed by atoms with Gasteiger partial charge in [0.2, 0.25) is 0 Å². The summed E-state index contributed by atoms with van der Waals surface area (Å²) < 4.78 is 0. The van der Waals surface area contributed by atoms with E-state index in [1.54, 1.807) is 6.92 Å². The minimum Gasteiger partial charge on any atom is -0.196 e. The lowest BCUT2D eigenvalue weighted by Gasteiger charge is -2.15. The van der Waals surface area contributed by atoms with Gasteiger partial charge in [0.25, 0.3) is 0 Å². The first-order chi connectivity index (χ1) is 9.11. The Morgan fingerprint density at radius 3 is 2.26 bits per heavy atom. The van der Waals surface area contributed by atoms with Crippen molar-refractivity contribution < 1.29 is 0 Å². The summed E-state index contributed by atoms with van der Waals surface area (Å²) in [6.45, 7) is 6.05. The minimum atomic E-state index is -0.769. The SMILES string of the molecule is CCCCCCC(C)(C#N)N=NC(C#N)CCCC. The molecule has 2 unspecified atom stereocenters. The molecular weight excluding hydrogens is 236 g/mol. The highest BCUT2D eigenvalue weighted by Crippen LogP contribution is 2.20. The maximum atomic E-state index is 9.22. The van der Waals surface area contributed by atoms with Crippen LogP contribution in [-0.4, -0.2) is 11.6 Å². The second-order valence-corrected chi connectivity index (χ2v) is 5.20. The van der Waals surface area contributed by atoms with E-state index in [2.05, 4.69) is 36.2 Å². The average molecular weight is 262 g/mol. The Balaban J connectivity index is 4.34. The van der Waals surface area contributed by atoms with Gasteiger partial charge in [-0.3, -0.25) is 0 Å². The molecule has 0 bridgehead atoms. The molecule has 0 aliphatic rings. The third-order valence-electron chi connectivity index (χ3n) is 3.16. The number of unbranched alkanes of at least 4 members (excludes halogenated alkanes) is 4. The molecule has 4 heteroatoms. The second kappa shape index (κ2) is 10.5. The fourth-order valence-electron chi connectivity index (χ4n) is 1.77. The molecule has 106 valence electrons. The van der Waals surface area contributed by atoms with Crippen molar-refractivity contribution in [3.63, 3.8) is 0 Å². The van der Waals surface area contributed by atoms with Crippen LogP contribution in [0.15, 0.2) is 10.2 Å². The molecule has 0 spiro atoms. The van der Waals surface area contributed by atoms with Crippen LogP contribution < -0.4 is 0 Å². The van der Waals surface area contributed by atoms with E-state index in [-0.39, 0.29) is 0 Å². The van der Waals surface area contributed by atoms with Gasteiger partial charge >= 0.3 is 0 Å². The minimum absolute atomic E-state index is 0.400. The van der Waals surface area contributed by atoms with Crippen molar-refractivity contribution in [2.45, 2.75) is 83.7 Å². The molecule has 0 saturated heterocycles. The summed E-state index contributed by atoms with van der Waals surface area (Å²) in [5.74, 6) is 0. The van der Waals surface area contributed by atoms with Gasteiger partial charge in [-0.25, -0.2) is 0 Å². The second-order valence-electron chi connectivity index (χ2n) is 5.20. The fourth-order valence-corrected chi connectivity index (χ4v) is 1.77. The van der Waals surface area contributed by atoms with Crippen LogP contribution in [0.4, 0.5) is 0 Å². The van der Waals surface area contributed by atoms with Crippen LogP contribution in [0.5, 0.6) is 0 Å². The average Bonchev–Trinajstić information content (AvgIpc) is 2.44. The van der Waals surface area contributed by atoms with Crippen LogP contribution in [0.25, 0.3) is 0 Å². The third kappa shape index (κ3) is 8.32. The van der Waals surface area contributed by atoms with Gasteiger partial charge in [0.1, 0.15) is 0 Å². The van der Waals surface area contributed by atoms with Gasteiger partial charge in [-0.15, -0.1) is 0 Å². The Bertz CT molecular complexity index is 337. The molecule has 19 heavy (non-hydrogen) atoms. The molecule has 0 heterocycles. The molecule has 0 aliphatic carbocycles. The molecular formula is C15H26N4. The Hall–Kier alpha value is -1.42. The molecule has 2 atom stereocenters. The molecule has 0 aromatic rings. The van der Waals surface area contributed by atoms with E-state index in [1.165, 1.54) is 12.8 Å². The van der Waals surface area contributed by atoms with Crippen LogP contribution in [0.3, 0.4) is 0 Å². The van der Waals surface area contributed by atoms with Crippen molar-refractivity contribution in [3.05, 3.63) is 0 Å². The summed E-state index contributed by atoms with van der Waals surface area (Å²) in [6, 6.07) is 3.96. The molecule has 0 aromatic carbocycles. The zero-order valence-electron chi connectivity index (χ0n) is 12.5. The normalized spacial score (nSPS) is 15.6. The molecule has 0 aromatic heterocycles. The van der Waals surface area contributed by atoms with E-state index < -0.39 is 11.6 Å². The van der Waals surface area contributed by atoms with Crippen molar-refractivity contribution in [1.82, 2.24) is 0 Å². The van der Waals surface area contributed by atoms with Gasteiger partial charge in [-0.2, -0.15) is 20.8 Å². The third-order valence-corrected chi connectivity index (χ3v) is 3.16. The Labute approximate surface area is 117 Å². The van der Waals surface area contributed by atoms with E-state index in [1.807, 2.05) is 0 Å². The predicted molar refractivity (Wildman–Crippen MR) is 76.6 cm³/mol. The monoisotopic (exact) mass is 262 g/mol. The summed E-state index contributed by atoms with van der Waals surface area (Å²) in [5.41, 5.74) is -0.769. The van der Waals surface area contributed by atoms with Gasteiger partial charge < -0.3 is 0 Å². The lowest BCUT2D eigenvalue weighted by molar-refractivity contribution is 0.467. The van der Waals surface area contributed by atoms with Crippen molar-refractivity contribution >= 4 is 0 Å². The van der Waals surface area contributed by atoms with Crippen molar-refractivity contribution in [1.29, 1.82) is 10.5 Å². The summed E-state index contributed by atoms with van der Waals surface area (Å²) in [5, 5.41) is 26.4. The maximum Gasteiger partial charge on any atom is 0.164 e. The fraction of sp³-hybridized carbons (Fsp3) is 0.867. The first-order valence-corrected chi connectivity index (χ1v) is 7.34. The number of azo groups is 1. The highest BCUT2D eigenvalue weighted by molar-refractivity contribution is 5.03. The van der Waals surface area contributed by atoms with E-state index in [9.17, 15) is 5.26 Å². The standard InChI is InChI=1S/C15H26N4/c1-4-6-8-9-11-15(3,13-17)19-18-14(12-16)10-7-5-2/h14H,4-11H2,1-3H3. The molecule has 4 nitrogen and oxygen atoms in total. The van der Waals surface area contributed by atoms with Crippen molar-refractivity contribution in [2.24, 2.45) is 10.2 Å². The first-order valence-electron chi connectivity index (χ1n) is 7.34. The Morgan fingerprint density at radius 1 is 1.05 bits per heavy atom. The Kier molecular flexibility index (Phi) is 9.71. The molecule has 0 radical (unpaired) electrons. The maximum absolute atomic E-state index is 9.22. The molecule has 0 amide bonds. The topological polar surface area (TPSA) is 72.3 Å². The lowest BCUT2D eigenvalue weighted by Crippen LogP contribution is -2.19. The number of nitriles is 2. The van der Waals surface area contributed by atoms with Gasteiger partial charge in [0, 0.05) is 0 Å². The lowest BCUT2D eigenvalue weighted by atomic mass is 9.97. The van der Waals surface area contributed by atoms with Gasteiger partial charge in [-0.05, 0) is 26.2 Å². The van der Waals surface area contributed by atoms with Gasteiger partial charge in [0.05, 0.1) is 12.1 Å². The molecule has 0 rings (SSSR count). The number of hydrogen-bond acceptors (Lipinski definition) is 4. The van der Waals surface area contributed by atoms with Crippen molar-refractivity contribution in [3.8, 4) is 12.1 Å². The van der Waals surface area contributed by atoms with Crippen LogP contribution in [0.2, 0.25) is 0 Å². The highest BCUT2D eigenvalue weighted by atomic mass is 15.2. The smallest absolute Gasteiger partial charge is 0.164 e. The molecule has 0 fully saturated rings. The van der Waals surface area contributed by atoms with Crippen LogP contribution >= 0.6 is 0 Å². The van der Waals surface area contributed by atoms with E-state index in [4.69, 9.17) is 5.26 Å². The summed E-state index contributed by atoms with van der Waals surface area (Å²) >= 11 is 0. The van der Waals surface area contributed by atoms with E-state index in [0.29, 0.717) is 0 Å². The number of nitrogens with zero attached hydrogens (tertiary/aromatic N) is 4.